The fourth-order valence-corrected chi connectivity index (χ4v) is 3.24. The first-order chi connectivity index (χ1) is 13.9. The molecular weight excluding hydrogens is 505 g/mol. The van der Waals surface area contributed by atoms with Crippen LogP contribution in [0, 0.1) is 3.57 Å². The number of nitrogens with zero attached hydrogens (tertiary/aromatic N) is 1. The summed E-state index contributed by atoms with van der Waals surface area (Å²) in [5, 5.41) is 0.413. The lowest BCUT2D eigenvalue weighted by molar-refractivity contribution is -0.129. The molecule has 0 aromatic heterocycles. The van der Waals surface area contributed by atoms with Crippen LogP contribution >= 0.6 is 34.2 Å². The Balaban J connectivity index is 1.94. The number of hydrogen-bond donors (Lipinski definition) is 0. The van der Waals surface area contributed by atoms with Gasteiger partial charge in [0.2, 0.25) is 5.90 Å². The number of rotatable bonds is 7. The molecule has 3 rings (SSSR count). The average Bonchev–Trinajstić information content (AvgIpc) is 3.05. The molecule has 5 nitrogen and oxygen atoms in total. The van der Waals surface area contributed by atoms with E-state index in [1.165, 1.54) is 0 Å². The van der Waals surface area contributed by atoms with E-state index in [0.29, 0.717) is 28.7 Å². The van der Waals surface area contributed by atoms with Crippen LogP contribution in [0.1, 0.15) is 38.3 Å². The van der Waals surface area contributed by atoms with E-state index < -0.39 is 5.97 Å². The van der Waals surface area contributed by atoms with E-state index in [-0.39, 0.29) is 17.7 Å². The molecular formula is C22H21ClINO4. The maximum absolute atomic E-state index is 12.3. The maximum atomic E-state index is 12.3. The summed E-state index contributed by atoms with van der Waals surface area (Å²) in [7, 11) is 0. The monoisotopic (exact) mass is 525 g/mol. The van der Waals surface area contributed by atoms with E-state index in [1.54, 1.807) is 18.2 Å². The summed E-state index contributed by atoms with van der Waals surface area (Å²) in [6.45, 7) is 6.35. The summed E-state index contributed by atoms with van der Waals surface area (Å²) < 4.78 is 18.0. The van der Waals surface area contributed by atoms with Crippen molar-refractivity contribution in [1.82, 2.24) is 0 Å². The summed E-state index contributed by atoms with van der Waals surface area (Å²) in [5.74, 6) is 0.806. The lowest BCUT2D eigenvalue weighted by Gasteiger charge is -2.18. The molecule has 0 saturated carbocycles. The largest absolute Gasteiger partial charge is 0.490 e. The predicted octanol–water partition coefficient (Wildman–Crippen LogP) is 5.87. The highest BCUT2D eigenvalue weighted by Crippen LogP contribution is 2.38. The van der Waals surface area contributed by atoms with Gasteiger partial charge in [0.15, 0.2) is 17.2 Å². The van der Waals surface area contributed by atoms with Gasteiger partial charge in [-0.3, -0.25) is 0 Å². The molecule has 0 saturated heterocycles. The van der Waals surface area contributed by atoms with E-state index in [4.69, 9.17) is 25.8 Å². The first-order valence-electron chi connectivity index (χ1n) is 9.32. The van der Waals surface area contributed by atoms with Crippen LogP contribution in [0.4, 0.5) is 0 Å². The summed E-state index contributed by atoms with van der Waals surface area (Å²) >= 11 is 8.66. The summed E-state index contributed by atoms with van der Waals surface area (Å²) in [6, 6.07) is 11.1. The van der Waals surface area contributed by atoms with Crippen molar-refractivity contribution < 1.29 is 19.0 Å². The Kier molecular flexibility index (Phi) is 7.18. The van der Waals surface area contributed by atoms with Gasteiger partial charge in [-0.1, -0.05) is 18.5 Å². The second-order valence-corrected chi connectivity index (χ2v) is 8.10. The van der Waals surface area contributed by atoms with Gasteiger partial charge in [0.1, 0.15) is 0 Å². The van der Waals surface area contributed by atoms with Crippen LogP contribution < -0.4 is 9.47 Å². The van der Waals surface area contributed by atoms with E-state index in [9.17, 15) is 4.79 Å². The lowest BCUT2D eigenvalue weighted by Crippen LogP contribution is -2.11. The maximum Gasteiger partial charge on any atom is 0.363 e. The number of hydrogen-bond acceptors (Lipinski definition) is 5. The van der Waals surface area contributed by atoms with Gasteiger partial charge < -0.3 is 14.2 Å². The topological polar surface area (TPSA) is 57.1 Å². The molecule has 1 aliphatic rings. The Morgan fingerprint density at radius 1 is 1.24 bits per heavy atom. The van der Waals surface area contributed by atoms with Crippen molar-refractivity contribution in [3.8, 4) is 11.5 Å². The molecule has 152 valence electrons. The summed E-state index contributed by atoms with van der Waals surface area (Å²) in [6.07, 6.45) is 2.47. The van der Waals surface area contributed by atoms with Gasteiger partial charge in [-0.15, -0.1) is 0 Å². The normalized spacial score (nSPS) is 15.8. The predicted molar refractivity (Wildman–Crippen MR) is 123 cm³/mol. The number of benzene rings is 2. The second kappa shape index (κ2) is 9.63. The highest BCUT2D eigenvalue weighted by Gasteiger charge is 2.24. The zero-order valence-corrected chi connectivity index (χ0v) is 19.3. The van der Waals surface area contributed by atoms with Crippen LogP contribution in [0.3, 0.4) is 0 Å². The lowest BCUT2D eigenvalue weighted by atomic mass is 10.1. The molecule has 0 N–H and O–H groups in total. The molecule has 0 spiro atoms. The molecule has 1 heterocycles. The minimum absolute atomic E-state index is 0.00168. The van der Waals surface area contributed by atoms with Crippen molar-refractivity contribution in [2.24, 2.45) is 4.99 Å². The fraction of sp³-hybridized carbons (Fsp3) is 0.273. The molecule has 2 aromatic rings. The van der Waals surface area contributed by atoms with Crippen LogP contribution in [-0.4, -0.2) is 24.6 Å². The molecule has 29 heavy (non-hydrogen) atoms. The van der Waals surface area contributed by atoms with E-state index in [1.807, 2.05) is 45.0 Å². The third kappa shape index (κ3) is 5.30. The molecule has 0 bridgehead atoms. The Labute approximate surface area is 188 Å². The zero-order chi connectivity index (χ0) is 21.0. The zero-order valence-electron chi connectivity index (χ0n) is 16.4. The average molecular weight is 526 g/mol. The van der Waals surface area contributed by atoms with Crippen LogP contribution in [0.2, 0.25) is 5.02 Å². The van der Waals surface area contributed by atoms with Gasteiger partial charge in [-0.25, -0.2) is 9.79 Å². The van der Waals surface area contributed by atoms with Gasteiger partial charge in [-0.2, -0.15) is 0 Å². The highest BCUT2D eigenvalue weighted by molar-refractivity contribution is 14.1. The standard InChI is InChI=1S/C22H21ClINO4/c1-4-13(3)28-20-17(23)10-14(12-19(20)27-5-2)11-18-22(26)29-21(25-18)15-6-8-16(24)9-7-15/h6-13H,4-5H2,1-3H3/b18-11-. The molecule has 0 radical (unpaired) electrons. The molecule has 0 aliphatic carbocycles. The minimum atomic E-state index is -0.507. The molecule has 0 fully saturated rings. The Morgan fingerprint density at radius 2 is 1.97 bits per heavy atom. The van der Waals surface area contributed by atoms with Crippen molar-refractivity contribution in [3.63, 3.8) is 0 Å². The molecule has 1 atom stereocenters. The van der Waals surface area contributed by atoms with Gasteiger partial charge in [0.25, 0.3) is 0 Å². The van der Waals surface area contributed by atoms with Gasteiger partial charge in [0.05, 0.1) is 17.7 Å². The van der Waals surface area contributed by atoms with Crippen molar-refractivity contribution in [3.05, 3.63) is 61.8 Å². The molecule has 0 amide bonds. The fourth-order valence-electron chi connectivity index (χ4n) is 2.62. The van der Waals surface area contributed by atoms with Crippen molar-refractivity contribution in [1.29, 1.82) is 0 Å². The van der Waals surface area contributed by atoms with Gasteiger partial charge >= 0.3 is 5.97 Å². The van der Waals surface area contributed by atoms with Gasteiger partial charge in [0, 0.05) is 9.13 Å². The number of halogens is 2. The first kappa shape index (κ1) is 21.6. The van der Waals surface area contributed by atoms with E-state index in [0.717, 1.165) is 15.6 Å². The number of carbonyl (C=O) groups excluding carboxylic acids is 1. The highest BCUT2D eigenvalue weighted by atomic mass is 127. The summed E-state index contributed by atoms with van der Waals surface area (Å²) in [5.41, 5.74) is 1.62. The quantitative estimate of drug-likeness (QED) is 0.258. The Morgan fingerprint density at radius 3 is 2.62 bits per heavy atom. The van der Waals surface area contributed by atoms with Crippen molar-refractivity contribution in [2.45, 2.75) is 33.3 Å². The van der Waals surface area contributed by atoms with Crippen LogP contribution in [0.15, 0.2) is 47.1 Å². The molecule has 1 aliphatic heterocycles. The number of ether oxygens (including phenoxy) is 3. The minimum Gasteiger partial charge on any atom is -0.490 e. The van der Waals surface area contributed by atoms with Crippen molar-refractivity contribution >= 4 is 52.1 Å². The number of carbonyl (C=O) groups is 1. The Hall–Kier alpha value is -2.06. The number of esters is 1. The Bertz CT molecular complexity index is 970. The van der Waals surface area contributed by atoms with Gasteiger partial charge in [-0.05, 0) is 90.9 Å². The second-order valence-electron chi connectivity index (χ2n) is 6.44. The third-order valence-electron chi connectivity index (χ3n) is 4.24. The first-order valence-corrected chi connectivity index (χ1v) is 10.8. The smallest absolute Gasteiger partial charge is 0.363 e. The molecule has 1 unspecified atom stereocenters. The number of cyclic esters (lactones) is 1. The van der Waals surface area contributed by atoms with Crippen LogP contribution in [0.5, 0.6) is 11.5 Å². The van der Waals surface area contributed by atoms with E-state index >= 15 is 0 Å². The third-order valence-corrected chi connectivity index (χ3v) is 5.24. The van der Waals surface area contributed by atoms with Crippen molar-refractivity contribution in [2.75, 3.05) is 6.61 Å². The SMILES string of the molecule is CCOc1cc(/C=C2\N=C(c3ccc(I)cc3)OC2=O)cc(Cl)c1OC(C)CC. The molecule has 2 aromatic carbocycles. The van der Waals surface area contributed by atoms with Crippen LogP contribution in [-0.2, 0) is 9.53 Å². The van der Waals surface area contributed by atoms with E-state index in [2.05, 4.69) is 27.6 Å². The van der Waals surface area contributed by atoms with Crippen LogP contribution in [0.25, 0.3) is 6.08 Å². The number of aliphatic imine (C=N–C) groups is 1. The summed E-state index contributed by atoms with van der Waals surface area (Å²) in [4.78, 5) is 16.6. The molecule has 7 heteroatoms.